The zero-order valence-electron chi connectivity index (χ0n) is 12.1. The van der Waals surface area contributed by atoms with Crippen molar-refractivity contribution in [2.75, 3.05) is 6.26 Å². The number of hydrogen-bond acceptors (Lipinski definition) is 4. The Morgan fingerprint density at radius 3 is 2.95 bits per heavy atom. The van der Waals surface area contributed by atoms with Gasteiger partial charge < -0.3 is 9.14 Å². The molecule has 22 heavy (non-hydrogen) atoms. The molecule has 110 valence electrons. The molecule has 0 saturated heterocycles. The summed E-state index contributed by atoms with van der Waals surface area (Å²) in [4.78, 5) is 16.0. The molecular formula is C17H14N2O2S. The van der Waals surface area contributed by atoms with Crippen LogP contribution in [0.1, 0.15) is 12.0 Å². The molecule has 4 rings (SSSR count). The second-order valence-electron chi connectivity index (χ2n) is 5.26. The Morgan fingerprint density at radius 2 is 2.09 bits per heavy atom. The number of fused-ring (bicyclic) bond motifs is 2. The number of carbonyl (C=O) groups is 1. The van der Waals surface area contributed by atoms with Crippen LogP contribution in [0.15, 0.2) is 47.8 Å². The lowest BCUT2D eigenvalue weighted by molar-refractivity contribution is -0.135. The van der Waals surface area contributed by atoms with Crippen LogP contribution in [0.2, 0.25) is 0 Å². The molecule has 0 fully saturated rings. The van der Waals surface area contributed by atoms with E-state index >= 15 is 0 Å². The van der Waals surface area contributed by atoms with E-state index in [2.05, 4.69) is 11.1 Å². The summed E-state index contributed by atoms with van der Waals surface area (Å²) in [6.45, 7) is 0. The first-order chi connectivity index (χ1) is 10.7. The fourth-order valence-electron chi connectivity index (χ4n) is 2.69. The molecule has 0 radical (unpaired) electrons. The van der Waals surface area contributed by atoms with Gasteiger partial charge in [-0.05, 0) is 42.0 Å². The summed E-state index contributed by atoms with van der Waals surface area (Å²) in [5.41, 5.74) is 4.10. The average Bonchev–Trinajstić information content (AvgIpc) is 2.97. The molecule has 1 aliphatic heterocycles. The summed E-state index contributed by atoms with van der Waals surface area (Å²) in [5, 5.41) is 0.997. The first-order valence-electron chi connectivity index (χ1n) is 7.10. The third-order valence-electron chi connectivity index (χ3n) is 3.86. The van der Waals surface area contributed by atoms with E-state index in [0.29, 0.717) is 12.2 Å². The average molecular weight is 310 g/mol. The minimum Gasteiger partial charge on any atom is -0.426 e. The van der Waals surface area contributed by atoms with Crippen molar-refractivity contribution in [3.63, 3.8) is 0 Å². The number of aryl methyl sites for hydroxylation is 1. The van der Waals surface area contributed by atoms with Gasteiger partial charge in [0.05, 0.1) is 11.4 Å². The maximum absolute atomic E-state index is 11.4. The fraction of sp³-hybridized carbons (Fsp3) is 0.176. The molecule has 0 N–H and O–H groups in total. The predicted octanol–water partition coefficient (Wildman–Crippen LogP) is 3.57. The number of nitrogens with zero attached hydrogens (tertiary/aromatic N) is 2. The van der Waals surface area contributed by atoms with Crippen molar-refractivity contribution < 1.29 is 9.53 Å². The van der Waals surface area contributed by atoms with Gasteiger partial charge in [0.1, 0.15) is 11.4 Å². The molecule has 1 aromatic carbocycles. The number of esters is 1. The molecule has 0 saturated carbocycles. The zero-order chi connectivity index (χ0) is 15.1. The lowest BCUT2D eigenvalue weighted by Gasteiger charge is -2.15. The third kappa shape index (κ3) is 2.27. The Bertz CT molecular complexity index is 885. The van der Waals surface area contributed by atoms with Crippen molar-refractivity contribution in [2.45, 2.75) is 17.9 Å². The first-order valence-corrected chi connectivity index (χ1v) is 8.32. The summed E-state index contributed by atoms with van der Waals surface area (Å²) in [7, 11) is 0. The largest absolute Gasteiger partial charge is 0.426 e. The topological polar surface area (TPSA) is 43.6 Å². The maximum Gasteiger partial charge on any atom is 0.311 e. The number of rotatable bonds is 2. The number of carbonyl (C=O) groups excluding carboxylic acids is 1. The van der Waals surface area contributed by atoms with Gasteiger partial charge in [0.25, 0.3) is 0 Å². The standard InChI is InChI=1S/C17H14N2O2S/c1-22-16-6-7-19-10-13(9-15(19)18-16)12-3-2-11-4-5-17(20)21-14(11)8-12/h2-3,6-10H,4-5H2,1H3. The molecule has 0 atom stereocenters. The van der Waals surface area contributed by atoms with Crippen molar-refractivity contribution in [2.24, 2.45) is 0 Å². The van der Waals surface area contributed by atoms with Gasteiger partial charge in [-0.1, -0.05) is 12.1 Å². The third-order valence-corrected chi connectivity index (χ3v) is 4.51. The summed E-state index contributed by atoms with van der Waals surface area (Å²) < 4.78 is 7.34. The van der Waals surface area contributed by atoms with Crippen LogP contribution in [0.4, 0.5) is 0 Å². The Balaban J connectivity index is 1.78. The van der Waals surface area contributed by atoms with Crippen LogP contribution in [-0.4, -0.2) is 21.6 Å². The highest BCUT2D eigenvalue weighted by Crippen LogP contribution is 2.32. The monoisotopic (exact) mass is 310 g/mol. The number of thioether (sulfide) groups is 1. The molecule has 1 aliphatic rings. The van der Waals surface area contributed by atoms with Crippen LogP contribution in [0.5, 0.6) is 5.75 Å². The summed E-state index contributed by atoms with van der Waals surface area (Å²) in [6.07, 6.45) is 7.28. The Morgan fingerprint density at radius 1 is 1.18 bits per heavy atom. The Labute approximate surface area is 132 Å². The van der Waals surface area contributed by atoms with Gasteiger partial charge in [-0.25, -0.2) is 4.98 Å². The minimum absolute atomic E-state index is 0.155. The quantitative estimate of drug-likeness (QED) is 0.314. The van der Waals surface area contributed by atoms with Crippen molar-refractivity contribution in [3.8, 4) is 16.9 Å². The molecule has 3 aromatic rings. The van der Waals surface area contributed by atoms with Crippen LogP contribution in [0, 0.1) is 0 Å². The van der Waals surface area contributed by atoms with Gasteiger partial charge in [0.15, 0.2) is 0 Å². The van der Waals surface area contributed by atoms with Crippen LogP contribution in [-0.2, 0) is 11.2 Å². The number of hydrogen-bond donors (Lipinski definition) is 0. The molecule has 2 aromatic heterocycles. The lowest BCUT2D eigenvalue weighted by Crippen LogP contribution is -2.15. The summed E-state index contributed by atoms with van der Waals surface area (Å²) in [5.74, 6) is 0.528. The fourth-order valence-corrected chi connectivity index (χ4v) is 3.07. The number of benzene rings is 1. The normalized spacial score (nSPS) is 14.0. The maximum atomic E-state index is 11.4. The van der Waals surface area contributed by atoms with E-state index < -0.39 is 0 Å². The van der Waals surface area contributed by atoms with Crippen molar-refractivity contribution >= 4 is 23.4 Å². The number of ether oxygens (including phenoxy) is 1. The Hall–Kier alpha value is -2.27. The van der Waals surface area contributed by atoms with Crippen LogP contribution in [0.3, 0.4) is 0 Å². The van der Waals surface area contributed by atoms with E-state index in [0.717, 1.165) is 33.8 Å². The predicted molar refractivity (Wildman–Crippen MR) is 86.4 cm³/mol. The minimum atomic E-state index is -0.155. The van der Waals surface area contributed by atoms with E-state index in [-0.39, 0.29) is 5.97 Å². The molecule has 5 heteroatoms. The molecule has 3 heterocycles. The summed E-state index contributed by atoms with van der Waals surface area (Å²) >= 11 is 1.63. The molecule has 0 spiro atoms. The van der Waals surface area contributed by atoms with E-state index in [4.69, 9.17) is 4.74 Å². The molecular weight excluding hydrogens is 296 g/mol. The van der Waals surface area contributed by atoms with E-state index in [9.17, 15) is 4.79 Å². The molecule has 4 nitrogen and oxygen atoms in total. The van der Waals surface area contributed by atoms with E-state index in [1.54, 1.807) is 11.8 Å². The molecule has 0 bridgehead atoms. The number of aromatic nitrogens is 2. The molecule has 0 aliphatic carbocycles. The highest BCUT2D eigenvalue weighted by atomic mass is 32.2. The highest BCUT2D eigenvalue weighted by Gasteiger charge is 2.17. The van der Waals surface area contributed by atoms with Crippen molar-refractivity contribution in [1.29, 1.82) is 0 Å². The smallest absolute Gasteiger partial charge is 0.311 e. The van der Waals surface area contributed by atoms with Gasteiger partial charge >= 0.3 is 5.97 Å². The van der Waals surface area contributed by atoms with E-state index in [1.165, 1.54) is 0 Å². The Kier molecular flexibility index (Phi) is 3.15. The van der Waals surface area contributed by atoms with E-state index in [1.807, 2.05) is 47.3 Å². The van der Waals surface area contributed by atoms with Crippen LogP contribution in [0.25, 0.3) is 16.8 Å². The van der Waals surface area contributed by atoms with Gasteiger partial charge in [-0.3, -0.25) is 4.79 Å². The second-order valence-corrected chi connectivity index (χ2v) is 6.09. The summed E-state index contributed by atoms with van der Waals surface area (Å²) in [6, 6.07) is 10.1. The first kappa shape index (κ1) is 13.4. The second kappa shape index (κ2) is 5.18. The van der Waals surface area contributed by atoms with Gasteiger partial charge in [-0.15, -0.1) is 11.8 Å². The van der Waals surface area contributed by atoms with Crippen molar-refractivity contribution in [1.82, 2.24) is 9.38 Å². The van der Waals surface area contributed by atoms with Gasteiger partial charge in [-0.2, -0.15) is 0 Å². The highest BCUT2D eigenvalue weighted by molar-refractivity contribution is 7.98. The van der Waals surface area contributed by atoms with Crippen LogP contribution < -0.4 is 4.74 Å². The van der Waals surface area contributed by atoms with Crippen LogP contribution >= 0.6 is 11.8 Å². The lowest BCUT2D eigenvalue weighted by atomic mass is 10.0. The SMILES string of the molecule is CSc1ccn2cc(-c3ccc4c(c3)OC(=O)CC4)cc2n1. The van der Waals surface area contributed by atoms with Gasteiger partial charge in [0, 0.05) is 18.0 Å². The molecule has 0 amide bonds. The van der Waals surface area contributed by atoms with Crippen molar-refractivity contribution in [3.05, 3.63) is 48.3 Å². The zero-order valence-corrected chi connectivity index (χ0v) is 12.9. The molecule has 0 unspecified atom stereocenters. The van der Waals surface area contributed by atoms with Gasteiger partial charge in [0.2, 0.25) is 0 Å².